The van der Waals surface area contributed by atoms with Gasteiger partial charge in [0.25, 0.3) is 0 Å². The van der Waals surface area contributed by atoms with Crippen LogP contribution in [-0.2, 0) is 0 Å². The molecule has 0 saturated carbocycles. The maximum absolute atomic E-state index is 4.48. The van der Waals surface area contributed by atoms with E-state index in [0.717, 1.165) is 13.0 Å². The van der Waals surface area contributed by atoms with E-state index in [4.69, 9.17) is 0 Å². The Morgan fingerprint density at radius 3 is 2.23 bits per heavy atom. The second kappa shape index (κ2) is 12.9. The first-order valence-corrected chi connectivity index (χ1v) is 10.7. The van der Waals surface area contributed by atoms with E-state index in [9.17, 15) is 0 Å². The number of nitrogens with zero attached hydrogens (tertiary/aromatic N) is 1. The second-order valence-corrected chi connectivity index (χ2v) is 8.41. The predicted octanol–water partition coefficient (Wildman–Crippen LogP) is 2.33. The molecule has 1 unspecified atom stereocenters. The minimum absolute atomic E-state index is 0. The Bertz CT molecular complexity index is 725. The summed E-state index contributed by atoms with van der Waals surface area (Å²) in [6.07, 6.45) is 4.98. The molecule has 0 amide bonds. The number of nitrogens with one attached hydrogen (secondary N) is 1. The van der Waals surface area contributed by atoms with Crippen LogP contribution in [0.5, 0.6) is 0 Å². The molecule has 2 aromatic carbocycles. The summed E-state index contributed by atoms with van der Waals surface area (Å²) in [4.78, 5) is 4.48. The van der Waals surface area contributed by atoms with Crippen LogP contribution in [0.1, 0.15) is 44.3 Å². The quantitative estimate of drug-likeness (QED) is 0.430. The molecule has 2 aliphatic rings. The van der Waals surface area contributed by atoms with Crippen molar-refractivity contribution < 1.29 is 31.0 Å². The first-order valence-electron chi connectivity index (χ1n) is 8.52. The fourth-order valence-electron chi connectivity index (χ4n) is 3.16. The standard InChI is InChI=1S/C10H12IN.C10H10IN.B.Na.H/c2*11-9-5-2-1-4-8(9)10-6-3-7-12-10;;;/h1-2,4-5,10,12H,3,6-7H2;1-2,4-5H,3,6-7H2;;;/q;;;+1;-1. The molecule has 1 saturated heterocycles. The minimum Gasteiger partial charge on any atom is -1.00 e. The molecule has 2 aliphatic heterocycles. The molecule has 0 aliphatic carbocycles. The van der Waals surface area contributed by atoms with Gasteiger partial charge in [0.1, 0.15) is 0 Å². The Morgan fingerprint density at radius 2 is 1.65 bits per heavy atom. The van der Waals surface area contributed by atoms with Crippen molar-refractivity contribution in [3.63, 3.8) is 0 Å². The van der Waals surface area contributed by atoms with Gasteiger partial charge < -0.3 is 6.74 Å². The van der Waals surface area contributed by atoms with Crippen LogP contribution in [0.4, 0.5) is 0 Å². The minimum atomic E-state index is 0. The van der Waals surface area contributed by atoms with E-state index in [1.165, 1.54) is 49.8 Å². The van der Waals surface area contributed by atoms with Gasteiger partial charge in [0.05, 0.1) is 0 Å². The average Bonchev–Trinajstić information content (AvgIpc) is 3.30. The molecule has 0 spiro atoms. The van der Waals surface area contributed by atoms with Crippen LogP contribution in [0.15, 0.2) is 53.5 Å². The first kappa shape index (κ1) is 24.6. The molecule has 0 bridgehead atoms. The molecular weight excluding hydrogens is 556 g/mol. The molecule has 2 aromatic rings. The topological polar surface area (TPSA) is 24.4 Å². The Labute approximate surface area is 210 Å². The normalized spacial score (nSPS) is 18.1. The van der Waals surface area contributed by atoms with Crippen LogP contribution in [-0.4, -0.2) is 27.2 Å². The third-order valence-electron chi connectivity index (χ3n) is 4.40. The maximum Gasteiger partial charge on any atom is 1.00 e. The van der Waals surface area contributed by atoms with E-state index in [2.05, 4.69) is 104 Å². The number of aliphatic imine (C=N–C) groups is 1. The van der Waals surface area contributed by atoms with Crippen LogP contribution >= 0.6 is 45.2 Å². The second-order valence-electron chi connectivity index (χ2n) is 6.08. The average molecular weight is 579 g/mol. The van der Waals surface area contributed by atoms with Crippen LogP contribution in [0.25, 0.3) is 0 Å². The molecule has 0 aromatic heterocycles. The summed E-state index contributed by atoms with van der Waals surface area (Å²) in [6, 6.07) is 17.7. The molecule has 1 N–H and O–H groups in total. The van der Waals surface area contributed by atoms with Gasteiger partial charge >= 0.3 is 29.6 Å². The SMILES string of the molecule is Ic1ccccc1C1=NCCC1.Ic1ccccc1C1CCCN1.[B].[H-].[Na+]. The van der Waals surface area contributed by atoms with Gasteiger partial charge in [0.2, 0.25) is 0 Å². The fraction of sp³-hybridized carbons (Fsp3) is 0.350. The Hall–Kier alpha value is 0.595. The van der Waals surface area contributed by atoms with Crippen molar-refractivity contribution in [1.29, 1.82) is 0 Å². The van der Waals surface area contributed by atoms with Gasteiger partial charge in [-0.1, -0.05) is 36.4 Å². The zero-order valence-corrected chi connectivity index (χ0v) is 21.5. The van der Waals surface area contributed by atoms with Crippen molar-refractivity contribution >= 4 is 59.3 Å². The van der Waals surface area contributed by atoms with E-state index < -0.39 is 0 Å². The maximum atomic E-state index is 4.48. The molecule has 1 atom stereocenters. The Kier molecular flexibility index (Phi) is 12.3. The zero-order valence-electron chi connectivity index (χ0n) is 16.2. The molecule has 2 heterocycles. The van der Waals surface area contributed by atoms with Crippen molar-refractivity contribution in [3.05, 3.63) is 66.8 Å². The third kappa shape index (κ3) is 6.89. The van der Waals surface area contributed by atoms with E-state index >= 15 is 0 Å². The Balaban J connectivity index is 0.000000451. The van der Waals surface area contributed by atoms with E-state index in [1.807, 2.05) is 0 Å². The summed E-state index contributed by atoms with van der Waals surface area (Å²) in [7, 11) is 0. The Morgan fingerprint density at radius 1 is 0.962 bits per heavy atom. The number of halogens is 2. The van der Waals surface area contributed by atoms with E-state index in [-0.39, 0.29) is 39.4 Å². The summed E-state index contributed by atoms with van der Waals surface area (Å²) >= 11 is 4.78. The van der Waals surface area contributed by atoms with E-state index in [0.29, 0.717) is 6.04 Å². The molecule has 4 rings (SSSR count). The fourth-order valence-corrected chi connectivity index (χ4v) is 4.62. The summed E-state index contributed by atoms with van der Waals surface area (Å²) in [5.74, 6) is 0. The number of rotatable bonds is 2. The van der Waals surface area contributed by atoms with Crippen molar-refractivity contribution in [2.75, 3.05) is 13.1 Å². The predicted molar refractivity (Wildman–Crippen MR) is 126 cm³/mol. The van der Waals surface area contributed by atoms with Gasteiger partial charge in [0, 0.05) is 39.4 Å². The van der Waals surface area contributed by atoms with Gasteiger partial charge in [-0.2, -0.15) is 0 Å². The van der Waals surface area contributed by atoms with Crippen molar-refractivity contribution in [3.8, 4) is 0 Å². The zero-order chi connectivity index (χ0) is 16.8. The third-order valence-corrected chi connectivity index (χ3v) is 6.32. The molecule has 2 nitrogen and oxygen atoms in total. The van der Waals surface area contributed by atoms with Crippen LogP contribution in [0.2, 0.25) is 0 Å². The smallest absolute Gasteiger partial charge is 1.00 e. The monoisotopic (exact) mass is 579 g/mol. The van der Waals surface area contributed by atoms with Crippen molar-refractivity contribution in [2.24, 2.45) is 4.99 Å². The van der Waals surface area contributed by atoms with Crippen LogP contribution < -0.4 is 34.9 Å². The summed E-state index contributed by atoms with van der Waals surface area (Å²) < 4.78 is 2.70. The number of benzene rings is 2. The van der Waals surface area contributed by atoms with Crippen LogP contribution in [0, 0.1) is 7.14 Å². The van der Waals surface area contributed by atoms with Crippen molar-refractivity contribution in [2.45, 2.75) is 31.7 Å². The molecule has 1 fully saturated rings. The molecule has 6 heteroatoms. The van der Waals surface area contributed by atoms with Gasteiger partial charge in [0.15, 0.2) is 0 Å². The summed E-state index contributed by atoms with van der Waals surface area (Å²) in [5.41, 5.74) is 4.09. The van der Waals surface area contributed by atoms with Gasteiger partial charge in [-0.25, -0.2) is 0 Å². The largest absolute Gasteiger partial charge is 1.00 e. The first-order chi connectivity index (χ1) is 11.8. The molecular formula is C20H23BI2N2Na. The molecule has 131 valence electrons. The molecule has 26 heavy (non-hydrogen) atoms. The van der Waals surface area contributed by atoms with E-state index in [1.54, 1.807) is 0 Å². The van der Waals surface area contributed by atoms with Crippen LogP contribution in [0.3, 0.4) is 0 Å². The van der Waals surface area contributed by atoms with Gasteiger partial charge in [-0.05, 0) is 95.1 Å². The molecule has 3 radical (unpaired) electrons. The van der Waals surface area contributed by atoms with Gasteiger partial charge in [-0.15, -0.1) is 0 Å². The number of hydrogen-bond acceptors (Lipinski definition) is 2. The van der Waals surface area contributed by atoms with Crippen molar-refractivity contribution in [1.82, 2.24) is 5.32 Å². The summed E-state index contributed by atoms with van der Waals surface area (Å²) in [6.45, 7) is 2.19. The summed E-state index contributed by atoms with van der Waals surface area (Å²) in [5, 5.41) is 3.51. The number of hydrogen-bond donors (Lipinski definition) is 1. The van der Waals surface area contributed by atoms with Gasteiger partial charge in [-0.3, -0.25) is 4.99 Å².